The second kappa shape index (κ2) is 9.40. The zero-order chi connectivity index (χ0) is 19.8. The number of nitrogens with one attached hydrogen (secondary N) is 1. The SMILES string of the molecule is CC.COC(=S)NCc1cn(-c2ccc(-n3cnc(C#N)c3)c(F)c2)nn1. The van der Waals surface area contributed by atoms with Crippen molar-refractivity contribution in [3.63, 3.8) is 0 Å². The van der Waals surface area contributed by atoms with Crippen LogP contribution in [0.2, 0.25) is 0 Å². The minimum atomic E-state index is -0.477. The molecule has 2 aromatic heterocycles. The maximum atomic E-state index is 14.4. The molecule has 10 heteroatoms. The summed E-state index contributed by atoms with van der Waals surface area (Å²) in [7, 11) is 1.47. The summed E-state index contributed by atoms with van der Waals surface area (Å²) < 4.78 is 22.1. The highest BCUT2D eigenvalue weighted by Crippen LogP contribution is 2.18. The Balaban J connectivity index is 0.00000126. The standard InChI is InChI=1S/C15H12FN7OS.C2H6/c1-24-15(25)18-6-11-8-23(21-20-11)12-2-3-14(13(16)4-12)22-7-10(5-17)19-9-22;1-2/h2-4,7-9H,6H2,1H3,(H,18,25);1-2H3. The summed E-state index contributed by atoms with van der Waals surface area (Å²) in [5.74, 6) is -0.477. The van der Waals surface area contributed by atoms with E-state index in [1.54, 1.807) is 18.3 Å². The summed E-state index contributed by atoms with van der Waals surface area (Å²) in [4.78, 5) is 3.86. The average Bonchev–Trinajstić information content (AvgIpc) is 3.37. The van der Waals surface area contributed by atoms with Crippen LogP contribution in [0.15, 0.2) is 36.9 Å². The van der Waals surface area contributed by atoms with E-state index in [0.717, 1.165) is 0 Å². The lowest BCUT2D eigenvalue weighted by Gasteiger charge is -2.06. The molecule has 0 aliphatic carbocycles. The first-order chi connectivity index (χ1) is 13.1. The van der Waals surface area contributed by atoms with Gasteiger partial charge in [-0.05, 0) is 24.4 Å². The summed E-state index contributed by atoms with van der Waals surface area (Å²) in [5.41, 5.74) is 1.63. The molecule has 0 aliphatic heterocycles. The van der Waals surface area contributed by atoms with E-state index >= 15 is 0 Å². The van der Waals surface area contributed by atoms with Gasteiger partial charge in [-0.1, -0.05) is 19.1 Å². The van der Waals surface area contributed by atoms with Crippen LogP contribution in [0.1, 0.15) is 25.2 Å². The van der Waals surface area contributed by atoms with E-state index in [0.29, 0.717) is 17.9 Å². The fourth-order valence-electron chi connectivity index (χ4n) is 2.10. The molecule has 8 nitrogen and oxygen atoms in total. The summed E-state index contributed by atoms with van der Waals surface area (Å²) in [6.07, 6.45) is 4.50. The number of ether oxygens (including phenoxy) is 1. The molecule has 0 fully saturated rings. The van der Waals surface area contributed by atoms with Gasteiger partial charge in [0.15, 0.2) is 5.69 Å². The number of hydrogen-bond acceptors (Lipinski definition) is 6. The van der Waals surface area contributed by atoms with Crippen molar-refractivity contribution < 1.29 is 9.13 Å². The summed E-state index contributed by atoms with van der Waals surface area (Å²) in [6, 6.07) is 6.49. The summed E-state index contributed by atoms with van der Waals surface area (Å²) in [6.45, 7) is 4.35. The Hall–Kier alpha value is -3.32. The van der Waals surface area contributed by atoms with Crippen molar-refractivity contribution in [2.45, 2.75) is 20.4 Å². The van der Waals surface area contributed by atoms with Crippen LogP contribution in [0.4, 0.5) is 4.39 Å². The number of imidazole rings is 1. The van der Waals surface area contributed by atoms with Gasteiger partial charge >= 0.3 is 0 Å². The van der Waals surface area contributed by atoms with Crippen molar-refractivity contribution in [2.75, 3.05) is 7.11 Å². The van der Waals surface area contributed by atoms with Gasteiger partial charge in [0.25, 0.3) is 5.17 Å². The van der Waals surface area contributed by atoms with Crippen molar-refractivity contribution in [1.29, 1.82) is 5.26 Å². The largest absolute Gasteiger partial charge is 0.474 e. The molecule has 2 heterocycles. The first kappa shape index (κ1) is 20.0. The lowest BCUT2D eigenvalue weighted by Crippen LogP contribution is -2.22. The zero-order valence-electron chi connectivity index (χ0n) is 15.0. The van der Waals surface area contributed by atoms with Gasteiger partial charge in [0, 0.05) is 12.3 Å². The van der Waals surface area contributed by atoms with Gasteiger partial charge in [0.2, 0.25) is 0 Å². The predicted molar refractivity (Wildman–Crippen MR) is 101 cm³/mol. The molecule has 1 N–H and O–H groups in total. The van der Waals surface area contributed by atoms with Crippen LogP contribution in [0.25, 0.3) is 11.4 Å². The topological polar surface area (TPSA) is 93.6 Å². The van der Waals surface area contributed by atoms with E-state index in [9.17, 15) is 4.39 Å². The number of thiocarbonyl (C=S) groups is 1. The third-order valence-electron chi connectivity index (χ3n) is 3.31. The molecule has 0 spiro atoms. The molecule has 0 radical (unpaired) electrons. The van der Waals surface area contributed by atoms with E-state index in [-0.39, 0.29) is 16.6 Å². The number of hydrogen-bond donors (Lipinski definition) is 1. The van der Waals surface area contributed by atoms with Gasteiger partial charge in [-0.25, -0.2) is 14.1 Å². The maximum Gasteiger partial charge on any atom is 0.256 e. The third kappa shape index (κ3) is 4.86. The molecule has 27 heavy (non-hydrogen) atoms. The van der Waals surface area contributed by atoms with Crippen LogP contribution >= 0.6 is 12.2 Å². The number of rotatable bonds is 4. The molecule has 0 unspecified atom stereocenters. The number of benzene rings is 1. The monoisotopic (exact) mass is 387 g/mol. The van der Waals surface area contributed by atoms with E-state index in [1.807, 2.05) is 19.9 Å². The maximum absolute atomic E-state index is 14.4. The van der Waals surface area contributed by atoms with Crippen LogP contribution in [-0.2, 0) is 11.3 Å². The molecule has 0 aliphatic rings. The summed E-state index contributed by atoms with van der Waals surface area (Å²) in [5, 5.41) is 19.8. The fourth-order valence-corrected chi connectivity index (χ4v) is 2.17. The quantitative estimate of drug-likeness (QED) is 0.688. The van der Waals surface area contributed by atoms with Gasteiger partial charge in [-0.2, -0.15) is 5.26 Å². The van der Waals surface area contributed by atoms with Crippen LogP contribution in [0.5, 0.6) is 0 Å². The Bertz CT molecular complexity index is 960. The smallest absolute Gasteiger partial charge is 0.256 e. The molecule has 0 bridgehead atoms. The number of methoxy groups -OCH3 is 1. The number of nitriles is 1. The van der Waals surface area contributed by atoms with Gasteiger partial charge in [-0.3, -0.25) is 0 Å². The highest BCUT2D eigenvalue weighted by atomic mass is 32.1. The molecule has 140 valence electrons. The minimum Gasteiger partial charge on any atom is -0.474 e. The van der Waals surface area contributed by atoms with E-state index in [4.69, 9.17) is 22.2 Å². The van der Waals surface area contributed by atoms with Crippen molar-refractivity contribution in [1.82, 2.24) is 29.9 Å². The lowest BCUT2D eigenvalue weighted by molar-refractivity contribution is 0.392. The van der Waals surface area contributed by atoms with E-state index in [1.165, 1.54) is 34.9 Å². The third-order valence-corrected chi connectivity index (χ3v) is 3.62. The predicted octanol–water partition coefficient (Wildman–Crippen LogP) is 2.51. The molecule has 3 aromatic rings. The second-order valence-corrected chi connectivity index (χ2v) is 5.28. The Morgan fingerprint density at radius 1 is 1.37 bits per heavy atom. The van der Waals surface area contributed by atoms with Gasteiger partial charge < -0.3 is 14.6 Å². The first-order valence-electron chi connectivity index (χ1n) is 8.08. The molecule has 1 aromatic carbocycles. The average molecular weight is 387 g/mol. The minimum absolute atomic E-state index is 0.214. The van der Waals surface area contributed by atoms with E-state index in [2.05, 4.69) is 20.6 Å². The summed E-state index contributed by atoms with van der Waals surface area (Å²) >= 11 is 4.88. The Morgan fingerprint density at radius 3 is 2.78 bits per heavy atom. The molecular weight excluding hydrogens is 369 g/mol. The zero-order valence-corrected chi connectivity index (χ0v) is 15.9. The molecule has 0 atom stereocenters. The lowest BCUT2D eigenvalue weighted by atomic mass is 10.2. The first-order valence-corrected chi connectivity index (χ1v) is 8.49. The van der Waals surface area contributed by atoms with Crippen LogP contribution in [-0.4, -0.2) is 36.8 Å². The van der Waals surface area contributed by atoms with Crippen LogP contribution < -0.4 is 5.32 Å². The number of halogens is 1. The van der Waals surface area contributed by atoms with Gasteiger partial charge in [0.1, 0.15) is 23.9 Å². The van der Waals surface area contributed by atoms with E-state index < -0.39 is 5.82 Å². The second-order valence-electron chi connectivity index (χ2n) is 4.91. The molecule has 0 amide bonds. The normalized spacial score (nSPS) is 9.74. The number of nitrogens with zero attached hydrogens (tertiary/aromatic N) is 6. The van der Waals surface area contributed by atoms with Crippen molar-refractivity contribution in [3.8, 4) is 17.4 Å². The number of aromatic nitrogens is 5. The Labute approximate surface area is 161 Å². The Morgan fingerprint density at radius 2 is 2.15 bits per heavy atom. The fraction of sp³-hybridized carbons (Fsp3) is 0.235. The van der Waals surface area contributed by atoms with Crippen LogP contribution in [0, 0.1) is 17.1 Å². The molecule has 0 saturated carbocycles. The molecule has 0 saturated heterocycles. The molecule has 3 rings (SSSR count). The van der Waals surface area contributed by atoms with Crippen molar-refractivity contribution in [3.05, 3.63) is 54.1 Å². The van der Waals surface area contributed by atoms with Crippen LogP contribution in [0.3, 0.4) is 0 Å². The van der Waals surface area contributed by atoms with Crippen molar-refractivity contribution in [2.24, 2.45) is 0 Å². The van der Waals surface area contributed by atoms with Gasteiger partial charge in [-0.15, -0.1) is 5.10 Å². The van der Waals surface area contributed by atoms with Gasteiger partial charge in [0.05, 0.1) is 31.2 Å². The highest BCUT2D eigenvalue weighted by molar-refractivity contribution is 7.80. The molecular formula is C17H18FN7OS. The van der Waals surface area contributed by atoms with Crippen molar-refractivity contribution >= 4 is 17.4 Å². The highest BCUT2D eigenvalue weighted by Gasteiger charge is 2.10. The Kier molecular flexibility index (Phi) is 6.96.